The van der Waals surface area contributed by atoms with Crippen molar-refractivity contribution < 1.29 is 9.21 Å². The number of nitriles is 1. The first-order chi connectivity index (χ1) is 10.2. The molecule has 21 heavy (non-hydrogen) atoms. The van der Waals surface area contributed by atoms with Gasteiger partial charge < -0.3 is 15.1 Å². The minimum Gasteiger partial charge on any atom is -0.467 e. The molecule has 2 heterocycles. The molecule has 2 rings (SSSR count). The van der Waals surface area contributed by atoms with Crippen LogP contribution in [0.2, 0.25) is 0 Å². The summed E-state index contributed by atoms with van der Waals surface area (Å²) in [5.41, 5.74) is 5.88. The number of thiazole rings is 1. The van der Waals surface area contributed by atoms with Crippen molar-refractivity contribution in [2.75, 3.05) is 13.1 Å². The van der Waals surface area contributed by atoms with Crippen molar-refractivity contribution >= 4 is 17.2 Å². The number of hydrogen-bond donors (Lipinski definition) is 1. The van der Waals surface area contributed by atoms with Gasteiger partial charge in [-0.1, -0.05) is 0 Å². The zero-order valence-electron chi connectivity index (χ0n) is 11.5. The fourth-order valence-corrected chi connectivity index (χ4v) is 2.63. The number of nitrogens with two attached hydrogens (primary N) is 1. The van der Waals surface area contributed by atoms with Crippen molar-refractivity contribution in [3.05, 3.63) is 40.2 Å². The van der Waals surface area contributed by atoms with Crippen molar-refractivity contribution in [1.29, 1.82) is 5.26 Å². The summed E-state index contributed by atoms with van der Waals surface area (Å²) in [5.74, 6) is 0.486. The van der Waals surface area contributed by atoms with Crippen LogP contribution in [0.25, 0.3) is 0 Å². The second kappa shape index (κ2) is 7.57. The molecular weight excluding hydrogens is 288 g/mol. The second-order valence-corrected chi connectivity index (χ2v) is 5.32. The molecule has 2 aromatic heterocycles. The summed E-state index contributed by atoms with van der Waals surface area (Å²) >= 11 is 1.42. The first kappa shape index (κ1) is 15.2. The summed E-state index contributed by atoms with van der Waals surface area (Å²) in [6, 6.07) is 5.62. The van der Waals surface area contributed by atoms with E-state index in [1.54, 1.807) is 28.7 Å². The highest BCUT2D eigenvalue weighted by molar-refractivity contribution is 7.09. The Morgan fingerprint density at radius 1 is 1.57 bits per heavy atom. The molecule has 7 heteroatoms. The number of nitrogens with zero attached hydrogens (tertiary/aromatic N) is 3. The van der Waals surface area contributed by atoms with Crippen LogP contribution in [0.5, 0.6) is 0 Å². The van der Waals surface area contributed by atoms with E-state index < -0.39 is 0 Å². The van der Waals surface area contributed by atoms with Crippen molar-refractivity contribution in [1.82, 2.24) is 9.88 Å². The quantitative estimate of drug-likeness (QED) is 0.841. The van der Waals surface area contributed by atoms with Crippen LogP contribution in [0.1, 0.15) is 27.7 Å². The van der Waals surface area contributed by atoms with E-state index in [9.17, 15) is 4.79 Å². The number of rotatable bonds is 7. The van der Waals surface area contributed by atoms with E-state index in [-0.39, 0.29) is 12.3 Å². The van der Waals surface area contributed by atoms with Gasteiger partial charge in [0.25, 0.3) is 5.91 Å². The SMILES string of the molecule is N#CCCN(Cc1ccco1)C(=O)c1csc(CCN)n1. The fourth-order valence-electron chi connectivity index (χ4n) is 1.84. The first-order valence-corrected chi connectivity index (χ1v) is 7.45. The van der Waals surface area contributed by atoms with Gasteiger partial charge in [-0.25, -0.2) is 4.98 Å². The third-order valence-electron chi connectivity index (χ3n) is 2.84. The van der Waals surface area contributed by atoms with Gasteiger partial charge in [0.2, 0.25) is 0 Å². The van der Waals surface area contributed by atoms with Gasteiger partial charge in [0, 0.05) is 18.3 Å². The lowest BCUT2D eigenvalue weighted by Crippen LogP contribution is -2.31. The lowest BCUT2D eigenvalue weighted by molar-refractivity contribution is 0.0730. The molecule has 0 aliphatic carbocycles. The Morgan fingerprint density at radius 3 is 3.10 bits per heavy atom. The third-order valence-corrected chi connectivity index (χ3v) is 3.75. The molecule has 0 saturated heterocycles. The Morgan fingerprint density at radius 2 is 2.43 bits per heavy atom. The lowest BCUT2D eigenvalue weighted by atomic mass is 10.3. The first-order valence-electron chi connectivity index (χ1n) is 6.57. The Balaban J connectivity index is 2.10. The average Bonchev–Trinajstić information content (AvgIpc) is 3.14. The minimum atomic E-state index is -0.193. The van der Waals surface area contributed by atoms with Crippen molar-refractivity contribution in [2.24, 2.45) is 5.73 Å². The minimum absolute atomic E-state index is 0.193. The smallest absolute Gasteiger partial charge is 0.273 e. The molecule has 2 aromatic rings. The number of carbonyl (C=O) groups is 1. The maximum atomic E-state index is 12.5. The van der Waals surface area contributed by atoms with E-state index in [4.69, 9.17) is 15.4 Å². The molecule has 6 nitrogen and oxygen atoms in total. The molecule has 1 amide bonds. The molecule has 0 aromatic carbocycles. The number of amides is 1. The highest BCUT2D eigenvalue weighted by atomic mass is 32.1. The summed E-state index contributed by atoms with van der Waals surface area (Å²) in [4.78, 5) is 18.3. The van der Waals surface area contributed by atoms with Gasteiger partial charge in [0.1, 0.15) is 11.5 Å². The van der Waals surface area contributed by atoms with E-state index in [1.165, 1.54) is 11.3 Å². The van der Waals surface area contributed by atoms with Crippen LogP contribution in [0, 0.1) is 11.3 Å². The third kappa shape index (κ3) is 4.15. The predicted octanol–water partition coefficient (Wildman–Crippen LogP) is 1.79. The number of carbonyl (C=O) groups excluding carboxylic acids is 1. The molecule has 0 saturated carbocycles. The molecule has 0 fully saturated rings. The Kier molecular flexibility index (Phi) is 5.49. The van der Waals surface area contributed by atoms with Crippen molar-refractivity contribution in [2.45, 2.75) is 19.4 Å². The molecule has 0 atom stereocenters. The molecule has 0 spiro atoms. The van der Waals surface area contributed by atoms with Crippen molar-refractivity contribution in [3.63, 3.8) is 0 Å². The Hall–Kier alpha value is -2.17. The molecular formula is C14H16N4O2S. The summed E-state index contributed by atoms with van der Waals surface area (Å²) in [7, 11) is 0. The maximum absolute atomic E-state index is 12.5. The monoisotopic (exact) mass is 304 g/mol. The molecule has 0 bridgehead atoms. The second-order valence-electron chi connectivity index (χ2n) is 4.38. The van der Waals surface area contributed by atoms with E-state index in [2.05, 4.69) is 11.1 Å². The zero-order valence-corrected chi connectivity index (χ0v) is 12.3. The molecule has 2 N–H and O–H groups in total. The molecule has 0 aliphatic rings. The van der Waals surface area contributed by atoms with Gasteiger partial charge in [-0.3, -0.25) is 4.79 Å². The Labute approximate surface area is 126 Å². The van der Waals surface area contributed by atoms with Crippen LogP contribution in [0.4, 0.5) is 0 Å². The lowest BCUT2D eigenvalue weighted by Gasteiger charge is -2.19. The normalized spacial score (nSPS) is 10.3. The number of furan rings is 1. The van der Waals surface area contributed by atoms with Crippen molar-refractivity contribution in [3.8, 4) is 6.07 Å². The van der Waals surface area contributed by atoms with Crippen LogP contribution < -0.4 is 5.73 Å². The van der Waals surface area contributed by atoms with E-state index in [0.717, 1.165) is 5.01 Å². The van der Waals surface area contributed by atoms with Gasteiger partial charge >= 0.3 is 0 Å². The fraction of sp³-hybridized carbons (Fsp3) is 0.357. The number of aromatic nitrogens is 1. The maximum Gasteiger partial charge on any atom is 0.273 e. The van der Waals surface area contributed by atoms with E-state index in [1.807, 2.05) is 0 Å². The highest BCUT2D eigenvalue weighted by Gasteiger charge is 2.19. The molecule has 0 aliphatic heterocycles. The van der Waals surface area contributed by atoms with E-state index in [0.29, 0.717) is 37.5 Å². The van der Waals surface area contributed by atoms with Gasteiger partial charge in [-0.05, 0) is 18.7 Å². The standard InChI is InChI=1S/C14H16N4O2S/c15-5-2-7-18(9-11-3-1-8-20-11)14(19)12-10-21-13(17-12)4-6-16/h1,3,8,10H,2,4,6-7,9,16H2. The van der Waals surface area contributed by atoms with Gasteiger partial charge in [-0.15, -0.1) is 11.3 Å². The molecule has 0 unspecified atom stereocenters. The largest absolute Gasteiger partial charge is 0.467 e. The van der Waals surface area contributed by atoms with Gasteiger partial charge in [-0.2, -0.15) is 5.26 Å². The van der Waals surface area contributed by atoms with Crippen LogP contribution in [-0.4, -0.2) is 28.9 Å². The van der Waals surface area contributed by atoms with Crippen LogP contribution in [-0.2, 0) is 13.0 Å². The van der Waals surface area contributed by atoms with E-state index >= 15 is 0 Å². The Bertz CT molecular complexity index is 615. The highest BCUT2D eigenvalue weighted by Crippen LogP contribution is 2.15. The molecule has 110 valence electrons. The van der Waals surface area contributed by atoms with Crippen LogP contribution >= 0.6 is 11.3 Å². The average molecular weight is 304 g/mol. The predicted molar refractivity (Wildman–Crippen MR) is 78.6 cm³/mol. The topological polar surface area (TPSA) is 96.2 Å². The van der Waals surface area contributed by atoms with Gasteiger partial charge in [0.15, 0.2) is 0 Å². The summed E-state index contributed by atoms with van der Waals surface area (Å²) < 4.78 is 5.26. The summed E-state index contributed by atoms with van der Waals surface area (Å²) in [5, 5.41) is 11.3. The number of hydrogen-bond acceptors (Lipinski definition) is 6. The van der Waals surface area contributed by atoms with Gasteiger partial charge in [0.05, 0.1) is 30.3 Å². The van der Waals surface area contributed by atoms with Crippen LogP contribution in [0.3, 0.4) is 0 Å². The van der Waals surface area contributed by atoms with Crippen LogP contribution in [0.15, 0.2) is 28.2 Å². The molecule has 0 radical (unpaired) electrons. The summed E-state index contributed by atoms with van der Waals surface area (Å²) in [6.45, 7) is 1.18. The summed E-state index contributed by atoms with van der Waals surface area (Å²) in [6.07, 6.45) is 2.49. The zero-order chi connectivity index (χ0) is 15.1.